The molecule has 0 bridgehead atoms. The second-order valence-electron chi connectivity index (χ2n) is 22.6. The highest BCUT2D eigenvalue weighted by atomic mass is 127. The number of esters is 1. The molecule has 334 valence electrons. The molecule has 2 saturated heterocycles. The van der Waals surface area contributed by atoms with E-state index in [1.807, 2.05) is 0 Å². The van der Waals surface area contributed by atoms with Gasteiger partial charge in [0.15, 0.2) is 0 Å². The first-order valence-corrected chi connectivity index (χ1v) is 26.1. The third kappa shape index (κ3) is 11.1. The van der Waals surface area contributed by atoms with Crippen LogP contribution in [0.25, 0.3) is 0 Å². The van der Waals surface area contributed by atoms with Crippen LogP contribution in [0.3, 0.4) is 0 Å². The number of carboxylic acids is 1. The lowest BCUT2D eigenvalue weighted by Gasteiger charge is -2.59. The Bertz CT molecular complexity index is 1370. The summed E-state index contributed by atoms with van der Waals surface area (Å²) in [6, 6.07) is 0. The van der Waals surface area contributed by atoms with Gasteiger partial charge < -0.3 is 9.84 Å². The smallest absolute Gasteiger partial charge is 0.309 e. The van der Waals surface area contributed by atoms with E-state index >= 15 is 0 Å². The predicted molar refractivity (Wildman–Crippen MR) is 250 cm³/mol. The zero-order valence-electron chi connectivity index (χ0n) is 37.9. The molecule has 4 aliphatic carbocycles. The molecule has 6 aliphatic rings. The van der Waals surface area contributed by atoms with E-state index in [9.17, 15) is 9.59 Å². The lowest BCUT2D eigenvalue weighted by Crippen LogP contribution is -2.65. The van der Waals surface area contributed by atoms with Crippen molar-refractivity contribution in [1.29, 1.82) is 0 Å². The van der Waals surface area contributed by atoms with Crippen molar-refractivity contribution in [2.24, 2.45) is 35.5 Å². The molecular weight excluding hydrogens is 954 g/mol. The van der Waals surface area contributed by atoms with Crippen LogP contribution in [0.4, 0.5) is 0 Å². The van der Waals surface area contributed by atoms with Gasteiger partial charge in [-0.3, -0.25) is 19.3 Å². The summed E-state index contributed by atoms with van der Waals surface area (Å²) in [4.78, 5) is 40.6. The van der Waals surface area contributed by atoms with E-state index in [2.05, 4.69) is 111 Å². The van der Waals surface area contributed by atoms with Gasteiger partial charge in [-0.25, -0.2) is 0 Å². The normalized spacial score (nSPS) is 36.0. The highest BCUT2D eigenvalue weighted by molar-refractivity contribution is 14.1. The topological polar surface area (TPSA) is 88.5 Å². The lowest BCUT2D eigenvalue weighted by molar-refractivity contribution is -0.335. The number of hydroxylamine groups is 4. The average molecular weight is 1040 g/mol. The van der Waals surface area contributed by atoms with Gasteiger partial charge in [-0.2, -0.15) is 10.1 Å². The summed E-state index contributed by atoms with van der Waals surface area (Å²) in [7, 11) is 0. The van der Waals surface area contributed by atoms with Gasteiger partial charge >= 0.3 is 11.9 Å². The highest BCUT2D eigenvalue weighted by Gasteiger charge is 2.57. The molecule has 10 heteroatoms. The summed E-state index contributed by atoms with van der Waals surface area (Å²) in [5.41, 5.74) is -1.09. The molecular formula is C48H82I2N2O6. The molecule has 0 aromatic rings. The van der Waals surface area contributed by atoms with Crippen LogP contribution in [-0.2, 0) is 24.0 Å². The first-order chi connectivity index (χ1) is 27.2. The average Bonchev–Trinajstić information content (AvgIpc) is 3.12. The number of aliphatic carboxylic acids is 1. The monoisotopic (exact) mass is 1040 g/mol. The molecule has 0 aromatic heterocycles. The fourth-order valence-corrected chi connectivity index (χ4v) is 16.5. The van der Waals surface area contributed by atoms with Gasteiger partial charge in [0.05, 0.1) is 5.92 Å². The molecule has 7 unspecified atom stereocenters. The van der Waals surface area contributed by atoms with Crippen LogP contribution in [0.5, 0.6) is 0 Å². The number of carbonyl (C=O) groups excluding carboxylic acids is 1. The van der Waals surface area contributed by atoms with E-state index in [0.717, 1.165) is 88.9 Å². The Labute approximate surface area is 380 Å². The Balaban J connectivity index is 1.16. The van der Waals surface area contributed by atoms with E-state index in [1.54, 1.807) is 0 Å². The number of hydrogen-bond acceptors (Lipinski definition) is 7. The maximum absolute atomic E-state index is 14.8. The largest absolute Gasteiger partial charge is 0.481 e. The quantitative estimate of drug-likeness (QED) is 0.0751. The maximum atomic E-state index is 14.8. The van der Waals surface area contributed by atoms with Gasteiger partial charge in [0.2, 0.25) is 0 Å². The zero-order chi connectivity index (χ0) is 42.1. The van der Waals surface area contributed by atoms with Crippen molar-refractivity contribution in [3.63, 3.8) is 0 Å². The molecule has 0 amide bonds. The van der Waals surface area contributed by atoms with Crippen LogP contribution >= 0.6 is 45.2 Å². The number of unbranched alkanes of at least 4 members (excludes halogenated alkanes) is 4. The second-order valence-corrected chi connectivity index (χ2v) is 26.3. The van der Waals surface area contributed by atoms with Crippen LogP contribution in [0.1, 0.15) is 216 Å². The maximum Gasteiger partial charge on any atom is 0.309 e. The molecule has 8 nitrogen and oxygen atoms in total. The van der Waals surface area contributed by atoms with Crippen molar-refractivity contribution >= 4 is 57.1 Å². The first-order valence-electron chi connectivity index (χ1n) is 23.9. The van der Waals surface area contributed by atoms with Crippen molar-refractivity contribution in [1.82, 2.24) is 10.1 Å². The van der Waals surface area contributed by atoms with Crippen molar-refractivity contribution in [2.75, 3.05) is 0 Å². The number of rotatable bonds is 15. The van der Waals surface area contributed by atoms with E-state index in [1.165, 1.54) is 77.0 Å². The molecule has 58 heavy (non-hydrogen) atoms. The number of alkyl halides is 2. The Hall–Kier alpha value is 0.240. The summed E-state index contributed by atoms with van der Waals surface area (Å²) in [5.74, 6) is 2.03. The number of nitrogens with zero attached hydrogens (tertiary/aromatic N) is 2. The number of hydrogen-bond donors (Lipinski definition) is 1. The highest BCUT2D eigenvalue weighted by Crippen LogP contribution is 2.56. The number of carbonyl (C=O) groups is 2. The van der Waals surface area contributed by atoms with Gasteiger partial charge in [0.1, 0.15) is 13.3 Å². The van der Waals surface area contributed by atoms with E-state index < -0.39 is 5.97 Å². The number of carboxylic acid groups (broad SMARTS) is 1. The molecule has 2 heterocycles. The number of piperidine rings is 2. The standard InChI is InChI=1S/C48H82I2N2O6/c1-43(2)30-36(31-44(3,4)51(43)57-47(49)28-18-22-34-20-14-16-25-39(34)47)38(24-12-10-9-11-13-27-41(53)54)42(55)56-37-32-45(5,6)52(46(7,8)33-37)58-48(50)29-19-23-35-21-15-17-26-40(35)48/h34-40H,9-33H2,1-8H3,(H,53,54). The van der Waals surface area contributed by atoms with Gasteiger partial charge in [-0.05, 0) is 195 Å². The van der Waals surface area contributed by atoms with Crippen LogP contribution in [0, 0.1) is 35.5 Å². The van der Waals surface area contributed by atoms with Gasteiger partial charge in [0, 0.05) is 53.3 Å². The van der Waals surface area contributed by atoms with Crippen LogP contribution in [0.2, 0.25) is 0 Å². The van der Waals surface area contributed by atoms with Gasteiger partial charge in [-0.1, -0.05) is 64.2 Å². The number of fused-ring (bicyclic) bond motifs is 2. The Kier molecular flexibility index (Phi) is 15.8. The molecule has 6 fully saturated rings. The fourth-order valence-electron chi connectivity index (χ4n) is 13.7. The van der Waals surface area contributed by atoms with Crippen LogP contribution in [0.15, 0.2) is 0 Å². The summed E-state index contributed by atoms with van der Waals surface area (Å²) in [5, 5.41) is 13.8. The van der Waals surface area contributed by atoms with Crippen molar-refractivity contribution in [2.45, 2.75) is 251 Å². The Morgan fingerprint density at radius 2 is 1.02 bits per heavy atom. The fraction of sp³-hybridized carbons (Fsp3) is 0.958. The molecule has 2 aliphatic heterocycles. The first kappa shape index (κ1) is 47.7. The zero-order valence-corrected chi connectivity index (χ0v) is 42.2. The van der Waals surface area contributed by atoms with E-state index in [4.69, 9.17) is 19.5 Å². The summed E-state index contributed by atoms with van der Waals surface area (Å²) in [6.45, 7) is 18.5. The van der Waals surface area contributed by atoms with Crippen molar-refractivity contribution in [3.8, 4) is 0 Å². The molecule has 4 saturated carbocycles. The molecule has 7 atom stereocenters. The van der Waals surface area contributed by atoms with Crippen LogP contribution < -0.4 is 0 Å². The third-order valence-electron chi connectivity index (χ3n) is 15.8. The minimum Gasteiger partial charge on any atom is -0.481 e. The van der Waals surface area contributed by atoms with Crippen molar-refractivity contribution < 1.29 is 29.1 Å². The van der Waals surface area contributed by atoms with Crippen molar-refractivity contribution in [3.05, 3.63) is 0 Å². The summed E-state index contributed by atoms with van der Waals surface area (Å²) < 4.78 is 6.42. The number of ether oxygens (including phenoxy) is 1. The van der Waals surface area contributed by atoms with E-state index in [0.29, 0.717) is 11.8 Å². The predicted octanol–water partition coefficient (Wildman–Crippen LogP) is 13.4. The summed E-state index contributed by atoms with van der Waals surface area (Å²) >= 11 is 5.39. The minimum atomic E-state index is -0.719. The van der Waals surface area contributed by atoms with Crippen LogP contribution in [-0.4, -0.2) is 62.6 Å². The van der Waals surface area contributed by atoms with E-state index in [-0.39, 0.29) is 59.7 Å². The number of halogens is 2. The SMILES string of the molecule is CC1(C)CC(OC(=O)C(CCCCCCCC(=O)O)C2CC(C)(C)N(OC3(I)CCCC4CCCCC43)C(C)(C)C2)CC(C)(C)N1OC1(I)CCCC2CCCCC21. The second kappa shape index (κ2) is 19.1. The Morgan fingerprint density at radius 1 is 0.603 bits per heavy atom. The Morgan fingerprint density at radius 3 is 1.50 bits per heavy atom. The molecule has 0 aromatic carbocycles. The minimum absolute atomic E-state index is 0.0202. The summed E-state index contributed by atoms with van der Waals surface area (Å²) in [6.07, 6.45) is 26.7. The molecule has 0 radical (unpaired) electrons. The molecule has 6 rings (SSSR count). The molecule has 1 N–H and O–H groups in total. The molecule has 0 spiro atoms. The lowest BCUT2D eigenvalue weighted by atomic mass is 9.68. The van der Waals surface area contributed by atoms with Gasteiger partial charge in [0.25, 0.3) is 0 Å². The van der Waals surface area contributed by atoms with Gasteiger partial charge in [-0.15, -0.1) is 0 Å². The third-order valence-corrected chi connectivity index (χ3v) is 18.9.